The van der Waals surface area contributed by atoms with Gasteiger partial charge in [0, 0.05) is 43.4 Å². The van der Waals surface area contributed by atoms with Gasteiger partial charge in [-0.15, -0.1) is 11.8 Å². The largest absolute Gasteiger partial charge is 0.356 e. The zero-order valence-electron chi connectivity index (χ0n) is 16.9. The number of benzene rings is 1. The van der Waals surface area contributed by atoms with E-state index in [0.717, 1.165) is 31.5 Å². The molecule has 4 nitrogen and oxygen atoms in total. The Labute approximate surface area is 164 Å². The summed E-state index contributed by atoms with van der Waals surface area (Å²) < 4.78 is 0. The molecule has 1 aromatic rings. The molecule has 1 aromatic carbocycles. The fourth-order valence-electron chi connectivity index (χ4n) is 3.17. The molecule has 26 heavy (non-hydrogen) atoms. The van der Waals surface area contributed by atoms with Crippen molar-refractivity contribution in [3.05, 3.63) is 30.3 Å². The van der Waals surface area contributed by atoms with Crippen LogP contribution in [0.4, 0.5) is 0 Å². The zero-order chi connectivity index (χ0) is 18.8. The first-order chi connectivity index (χ1) is 12.6. The number of guanidine groups is 1. The maximum absolute atomic E-state index is 4.50. The minimum absolute atomic E-state index is 0.631. The number of aliphatic imine (C=N–C) groups is 1. The lowest BCUT2D eigenvalue weighted by molar-refractivity contribution is 0.268. The molecule has 1 saturated heterocycles. The second kappa shape index (κ2) is 11.5. The van der Waals surface area contributed by atoms with Crippen molar-refractivity contribution >= 4 is 17.7 Å². The van der Waals surface area contributed by atoms with Gasteiger partial charge in [-0.05, 0) is 64.8 Å². The van der Waals surface area contributed by atoms with Crippen LogP contribution in [-0.4, -0.2) is 67.8 Å². The second-order valence-electron chi connectivity index (χ2n) is 7.48. The van der Waals surface area contributed by atoms with Gasteiger partial charge in [-0.2, -0.15) is 0 Å². The van der Waals surface area contributed by atoms with Gasteiger partial charge in [-0.25, -0.2) is 0 Å². The molecule has 0 amide bonds. The molecule has 1 N–H and O–H groups in total. The highest BCUT2D eigenvalue weighted by Crippen LogP contribution is 2.25. The Morgan fingerprint density at radius 1 is 1.31 bits per heavy atom. The molecular weight excluding hydrogens is 340 g/mol. The van der Waals surface area contributed by atoms with Crippen molar-refractivity contribution in [2.75, 3.05) is 46.0 Å². The van der Waals surface area contributed by atoms with Crippen molar-refractivity contribution in [2.45, 2.75) is 44.0 Å². The Bertz CT molecular complexity index is 532. The van der Waals surface area contributed by atoms with Gasteiger partial charge in [0.05, 0.1) is 0 Å². The summed E-state index contributed by atoms with van der Waals surface area (Å²) in [6.45, 7) is 8.92. The number of nitrogens with one attached hydrogen (secondary N) is 1. The summed E-state index contributed by atoms with van der Waals surface area (Å²) in [5.74, 6) is 3.02. The summed E-state index contributed by atoms with van der Waals surface area (Å²) in [7, 11) is 4.11. The smallest absolute Gasteiger partial charge is 0.193 e. The molecule has 1 aliphatic heterocycles. The van der Waals surface area contributed by atoms with E-state index in [0.29, 0.717) is 6.04 Å². The van der Waals surface area contributed by atoms with Gasteiger partial charge >= 0.3 is 0 Å². The minimum Gasteiger partial charge on any atom is -0.356 e. The predicted octanol–water partition coefficient (Wildman–Crippen LogP) is 3.80. The highest BCUT2D eigenvalue weighted by atomic mass is 32.2. The van der Waals surface area contributed by atoms with E-state index in [2.05, 4.69) is 71.3 Å². The number of thioether (sulfide) groups is 1. The third-order valence-electron chi connectivity index (χ3n) is 5.13. The van der Waals surface area contributed by atoms with Crippen LogP contribution in [0.15, 0.2) is 40.2 Å². The molecule has 0 aromatic heterocycles. The van der Waals surface area contributed by atoms with Gasteiger partial charge in [-0.3, -0.25) is 4.99 Å². The first-order valence-corrected chi connectivity index (χ1v) is 10.9. The quantitative estimate of drug-likeness (QED) is 0.307. The SMILES string of the molecule is CN=C(NCCCCN(C)C(C)C)N1CCC(CSc2ccccc2)C1. The van der Waals surface area contributed by atoms with Crippen LogP contribution in [0.3, 0.4) is 0 Å². The number of hydrogen-bond acceptors (Lipinski definition) is 3. The van der Waals surface area contributed by atoms with Crippen molar-refractivity contribution in [1.29, 1.82) is 0 Å². The summed E-state index contributed by atoms with van der Waals surface area (Å²) in [5, 5.41) is 3.56. The van der Waals surface area contributed by atoms with Gasteiger partial charge in [-0.1, -0.05) is 18.2 Å². The van der Waals surface area contributed by atoms with Crippen LogP contribution < -0.4 is 5.32 Å². The number of hydrogen-bond donors (Lipinski definition) is 1. The molecule has 0 spiro atoms. The molecule has 1 aliphatic rings. The van der Waals surface area contributed by atoms with E-state index in [4.69, 9.17) is 0 Å². The van der Waals surface area contributed by atoms with Gasteiger partial charge < -0.3 is 15.1 Å². The zero-order valence-corrected chi connectivity index (χ0v) is 17.8. The molecule has 5 heteroatoms. The van der Waals surface area contributed by atoms with Crippen LogP contribution in [0.5, 0.6) is 0 Å². The van der Waals surface area contributed by atoms with Crippen molar-refractivity contribution in [1.82, 2.24) is 15.1 Å². The maximum Gasteiger partial charge on any atom is 0.193 e. The molecule has 146 valence electrons. The molecule has 1 unspecified atom stereocenters. The van der Waals surface area contributed by atoms with Crippen LogP contribution in [0, 0.1) is 5.92 Å². The summed E-state index contributed by atoms with van der Waals surface area (Å²) in [5.41, 5.74) is 0. The Morgan fingerprint density at radius 2 is 2.08 bits per heavy atom. The molecule has 0 bridgehead atoms. The van der Waals surface area contributed by atoms with Crippen molar-refractivity contribution < 1.29 is 0 Å². The second-order valence-corrected chi connectivity index (χ2v) is 8.57. The summed E-state index contributed by atoms with van der Waals surface area (Å²) >= 11 is 1.98. The lowest BCUT2D eigenvalue weighted by Crippen LogP contribution is -2.40. The Balaban J connectivity index is 1.64. The van der Waals surface area contributed by atoms with Crippen LogP contribution in [0.25, 0.3) is 0 Å². The van der Waals surface area contributed by atoms with Crippen LogP contribution in [0.1, 0.15) is 33.1 Å². The highest BCUT2D eigenvalue weighted by Gasteiger charge is 2.24. The monoisotopic (exact) mass is 376 g/mol. The average molecular weight is 377 g/mol. The third kappa shape index (κ3) is 7.20. The third-order valence-corrected chi connectivity index (χ3v) is 6.37. The summed E-state index contributed by atoms with van der Waals surface area (Å²) in [4.78, 5) is 10.7. The Kier molecular flexibility index (Phi) is 9.33. The average Bonchev–Trinajstić information content (AvgIpc) is 3.12. The number of likely N-dealkylation sites (tertiary alicyclic amines) is 1. The Hall–Kier alpha value is -1.20. The van der Waals surface area contributed by atoms with Crippen LogP contribution in [0.2, 0.25) is 0 Å². The van der Waals surface area contributed by atoms with E-state index in [1.807, 2.05) is 18.8 Å². The lowest BCUT2D eigenvalue weighted by Gasteiger charge is -2.23. The van der Waals surface area contributed by atoms with Crippen molar-refractivity contribution in [3.8, 4) is 0 Å². The molecular formula is C21H36N4S. The molecule has 0 aliphatic carbocycles. The lowest BCUT2D eigenvalue weighted by atomic mass is 10.2. The fourth-order valence-corrected chi connectivity index (χ4v) is 4.22. The topological polar surface area (TPSA) is 30.9 Å². The van der Waals surface area contributed by atoms with Crippen LogP contribution >= 0.6 is 11.8 Å². The van der Waals surface area contributed by atoms with E-state index in [1.54, 1.807) is 0 Å². The number of nitrogens with zero attached hydrogens (tertiary/aromatic N) is 3. The molecule has 0 saturated carbocycles. The van der Waals surface area contributed by atoms with E-state index in [-0.39, 0.29) is 0 Å². The molecule has 1 atom stereocenters. The molecule has 0 radical (unpaired) electrons. The fraction of sp³-hybridized carbons (Fsp3) is 0.667. The van der Waals surface area contributed by atoms with Crippen molar-refractivity contribution in [2.24, 2.45) is 10.9 Å². The summed E-state index contributed by atoms with van der Waals surface area (Å²) in [6.07, 6.45) is 3.69. The maximum atomic E-state index is 4.50. The van der Waals surface area contributed by atoms with Crippen molar-refractivity contribution in [3.63, 3.8) is 0 Å². The van der Waals surface area contributed by atoms with Gasteiger partial charge in [0.25, 0.3) is 0 Å². The highest BCUT2D eigenvalue weighted by molar-refractivity contribution is 7.99. The first-order valence-electron chi connectivity index (χ1n) is 9.94. The predicted molar refractivity (Wildman–Crippen MR) is 115 cm³/mol. The van der Waals surface area contributed by atoms with Crippen LogP contribution in [-0.2, 0) is 0 Å². The number of rotatable bonds is 9. The minimum atomic E-state index is 0.631. The molecule has 1 heterocycles. The van der Waals surface area contributed by atoms with E-state index in [9.17, 15) is 0 Å². The number of unbranched alkanes of at least 4 members (excludes halogenated alkanes) is 1. The van der Waals surface area contributed by atoms with Gasteiger partial charge in [0.1, 0.15) is 0 Å². The normalized spacial score (nSPS) is 18.2. The molecule has 2 rings (SSSR count). The summed E-state index contributed by atoms with van der Waals surface area (Å²) in [6, 6.07) is 11.4. The molecule has 1 fully saturated rings. The standard InChI is InChI=1S/C21H36N4S/c1-18(2)24(4)14-9-8-13-23-21(22-3)25-15-12-19(16-25)17-26-20-10-6-5-7-11-20/h5-7,10-11,18-19H,8-9,12-17H2,1-4H3,(H,22,23). The van der Waals surface area contributed by atoms with E-state index in [1.165, 1.54) is 36.5 Å². The van der Waals surface area contributed by atoms with Gasteiger partial charge in [0.2, 0.25) is 0 Å². The van der Waals surface area contributed by atoms with E-state index >= 15 is 0 Å². The Morgan fingerprint density at radius 3 is 2.77 bits per heavy atom. The van der Waals surface area contributed by atoms with E-state index < -0.39 is 0 Å². The van der Waals surface area contributed by atoms with Gasteiger partial charge in [0.15, 0.2) is 5.96 Å². The first kappa shape index (κ1) is 21.1.